The normalized spacial score (nSPS) is 11.4. The highest BCUT2D eigenvalue weighted by molar-refractivity contribution is 7.98. The third-order valence-electron chi connectivity index (χ3n) is 2.75. The van der Waals surface area contributed by atoms with Gasteiger partial charge in [-0.25, -0.2) is 0 Å². The SMILES string of the molecule is CN=C(NCCSC)NCCSCc1ccc(C)cc1. The fourth-order valence-corrected chi connectivity index (χ4v) is 2.73. The number of guanidine groups is 1. The lowest BCUT2D eigenvalue weighted by atomic mass is 10.2. The van der Waals surface area contributed by atoms with Crippen LogP contribution in [0.5, 0.6) is 0 Å². The van der Waals surface area contributed by atoms with Crippen LogP contribution in [-0.4, -0.2) is 43.9 Å². The molecule has 1 aromatic rings. The van der Waals surface area contributed by atoms with Crippen molar-refractivity contribution in [2.24, 2.45) is 4.99 Å². The molecule has 1 aromatic carbocycles. The van der Waals surface area contributed by atoms with Crippen molar-refractivity contribution in [2.75, 3.05) is 37.9 Å². The number of benzene rings is 1. The molecule has 0 spiro atoms. The first-order valence-corrected chi connectivity index (χ1v) is 9.38. The Bertz CT molecular complexity index is 391. The van der Waals surface area contributed by atoms with Gasteiger partial charge in [0.15, 0.2) is 5.96 Å². The van der Waals surface area contributed by atoms with Crippen molar-refractivity contribution in [3.63, 3.8) is 0 Å². The van der Waals surface area contributed by atoms with Gasteiger partial charge in [-0.15, -0.1) is 0 Å². The van der Waals surface area contributed by atoms with Gasteiger partial charge in [-0.3, -0.25) is 4.99 Å². The lowest BCUT2D eigenvalue weighted by Crippen LogP contribution is -2.39. The number of nitrogens with one attached hydrogen (secondary N) is 2. The summed E-state index contributed by atoms with van der Waals surface area (Å²) in [4.78, 5) is 4.20. The molecule has 0 unspecified atom stereocenters. The summed E-state index contributed by atoms with van der Waals surface area (Å²) < 4.78 is 0. The van der Waals surface area contributed by atoms with Gasteiger partial charge in [0.05, 0.1) is 0 Å². The van der Waals surface area contributed by atoms with Crippen LogP contribution in [0, 0.1) is 6.92 Å². The molecule has 0 atom stereocenters. The number of nitrogens with zero attached hydrogens (tertiary/aromatic N) is 1. The average Bonchev–Trinajstić information content (AvgIpc) is 2.47. The Kier molecular flexibility index (Phi) is 9.41. The van der Waals surface area contributed by atoms with Crippen LogP contribution in [0.25, 0.3) is 0 Å². The highest BCUT2D eigenvalue weighted by Crippen LogP contribution is 2.12. The van der Waals surface area contributed by atoms with Gasteiger partial charge in [0.25, 0.3) is 0 Å². The quantitative estimate of drug-likeness (QED) is 0.440. The number of rotatable bonds is 8. The molecule has 5 heteroatoms. The Morgan fingerprint density at radius 1 is 1.10 bits per heavy atom. The van der Waals surface area contributed by atoms with Crippen LogP contribution in [0.4, 0.5) is 0 Å². The highest BCUT2D eigenvalue weighted by atomic mass is 32.2. The van der Waals surface area contributed by atoms with Crippen LogP contribution in [0.15, 0.2) is 29.3 Å². The van der Waals surface area contributed by atoms with Gasteiger partial charge < -0.3 is 10.6 Å². The number of hydrogen-bond donors (Lipinski definition) is 2. The van der Waals surface area contributed by atoms with Gasteiger partial charge in [0.1, 0.15) is 0 Å². The number of thioether (sulfide) groups is 2. The first-order chi connectivity index (χ1) is 9.76. The summed E-state index contributed by atoms with van der Waals surface area (Å²) in [5.41, 5.74) is 2.71. The molecule has 3 nitrogen and oxygen atoms in total. The second-order valence-corrected chi connectivity index (χ2v) is 6.55. The zero-order chi connectivity index (χ0) is 14.6. The molecular formula is C15H25N3S2. The lowest BCUT2D eigenvalue weighted by molar-refractivity contribution is 0.864. The summed E-state index contributed by atoms with van der Waals surface area (Å²) in [5.74, 6) is 4.15. The first-order valence-electron chi connectivity index (χ1n) is 6.83. The summed E-state index contributed by atoms with van der Waals surface area (Å²) in [6, 6.07) is 8.76. The van der Waals surface area contributed by atoms with E-state index >= 15 is 0 Å². The Hall–Kier alpha value is -0.810. The van der Waals surface area contributed by atoms with Crippen molar-refractivity contribution in [3.05, 3.63) is 35.4 Å². The summed E-state index contributed by atoms with van der Waals surface area (Å²) in [6.45, 7) is 4.02. The Morgan fingerprint density at radius 2 is 1.75 bits per heavy atom. The predicted octanol–water partition coefficient (Wildman–Crippen LogP) is 2.76. The van der Waals surface area contributed by atoms with E-state index in [4.69, 9.17) is 0 Å². The molecule has 0 amide bonds. The van der Waals surface area contributed by atoms with E-state index in [0.29, 0.717) is 0 Å². The second kappa shape index (κ2) is 10.9. The zero-order valence-electron chi connectivity index (χ0n) is 12.6. The second-order valence-electron chi connectivity index (χ2n) is 4.46. The van der Waals surface area contributed by atoms with Gasteiger partial charge in [-0.2, -0.15) is 23.5 Å². The van der Waals surface area contributed by atoms with E-state index in [1.807, 2.05) is 30.6 Å². The maximum Gasteiger partial charge on any atom is 0.191 e. The Labute approximate surface area is 131 Å². The third-order valence-corrected chi connectivity index (χ3v) is 4.39. The summed E-state index contributed by atoms with van der Waals surface area (Å²) in [5, 5.41) is 6.63. The monoisotopic (exact) mass is 311 g/mol. The van der Waals surface area contributed by atoms with E-state index in [0.717, 1.165) is 36.3 Å². The fourth-order valence-electron chi connectivity index (χ4n) is 1.61. The molecule has 20 heavy (non-hydrogen) atoms. The van der Waals surface area contributed by atoms with Gasteiger partial charge in [-0.1, -0.05) is 29.8 Å². The Morgan fingerprint density at radius 3 is 2.35 bits per heavy atom. The Balaban J connectivity index is 2.10. The standard InChI is InChI=1S/C15H25N3S2/c1-13-4-6-14(7-5-13)12-20-11-9-18-15(16-2)17-8-10-19-3/h4-7H,8-12H2,1-3H3,(H2,16,17,18). The van der Waals surface area contributed by atoms with Gasteiger partial charge in [-0.05, 0) is 18.7 Å². The van der Waals surface area contributed by atoms with Crippen LogP contribution in [0.1, 0.15) is 11.1 Å². The summed E-state index contributed by atoms with van der Waals surface area (Å²) in [6.07, 6.45) is 2.11. The molecule has 112 valence electrons. The van der Waals surface area contributed by atoms with E-state index in [-0.39, 0.29) is 0 Å². The molecule has 2 N–H and O–H groups in total. The predicted molar refractivity (Wildman–Crippen MR) is 95.1 cm³/mol. The minimum Gasteiger partial charge on any atom is -0.356 e. The van der Waals surface area contributed by atoms with E-state index in [1.165, 1.54) is 11.1 Å². The van der Waals surface area contributed by atoms with Crippen molar-refractivity contribution in [1.29, 1.82) is 0 Å². The maximum atomic E-state index is 4.20. The van der Waals surface area contributed by atoms with Crippen LogP contribution in [-0.2, 0) is 5.75 Å². The maximum absolute atomic E-state index is 4.20. The minimum atomic E-state index is 0.898. The molecule has 0 saturated carbocycles. The van der Waals surface area contributed by atoms with E-state index < -0.39 is 0 Å². The van der Waals surface area contributed by atoms with Crippen molar-refractivity contribution in [3.8, 4) is 0 Å². The molecule has 0 aliphatic carbocycles. The molecule has 0 aliphatic heterocycles. The van der Waals surface area contributed by atoms with Crippen LogP contribution in [0.2, 0.25) is 0 Å². The van der Waals surface area contributed by atoms with Crippen LogP contribution in [0.3, 0.4) is 0 Å². The van der Waals surface area contributed by atoms with Gasteiger partial charge in [0.2, 0.25) is 0 Å². The van der Waals surface area contributed by atoms with Gasteiger partial charge in [0, 0.05) is 37.4 Å². The van der Waals surface area contributed by atoms with Crippen LogP contribution < -0.4 is 10.6 Å². The van der Waals surface area contributed by atoms with Crippen molar-refractivity contribution >= 4 is 29.5 Å². The molecule has 0 fully saturated rings. The minimum absolute atomic E-state index is 0.898. The molecule has 0 heterocycles. The summed E-state index contributed by atoms with van der Waals surface area (Å²) in [7, 11) is 1.81. The number of hydrogen-bond acceptors (Lipinski definition) is 3. The van der Waals surface area contributed by atoms with E-state index in [9.17, 15) is 0 Å². The molecule has 0 saturated heterocycles. The first kappa shape index (κ1) is 17.2. The molecule has 0 aromatic heterocycles. The smallest absolute Gasteiger partial charge is 0.191 e. The van der Waals surface area contributed by atoms with Crippen LogP contribution >= 0.6 is 23.5 Å². The average molecular weight is 312 g/mol. The summed E-state index contributed by atoms with van der Waals surface area (Å²) >= 11 is 3.78. The largest absolute Gasteiger partial charge is 0.356 e. The van der Waals surface area contributed by atoms with Crippen molar-refractivity contribution in [2.45, 2.75) is 12.7 Å². The number of aryl methyl sites for hydroxylation is 1. The lowest BCUT2D eigenvalue weighted by Gasteiger charge is -2.11. The molecule has 1 rings (SSSR count). The zero-order valence-corrected chi connectivity index (χ0v) is 14.2. The third kappa shape index (κ3) is 7.70. The molecule has 0 bridgehead atoms. The molecule has 0 aliphatic rings. The van der Waals surface area contributed by atoms with Crippen molar-refractivity contribution in [1.82, 2.24) is 10.6 Å². The topological polar surface area (TPSA) is 36.4 Å². The molecule has 0 radical (unpaired) electrons. The molecular weight excluding hydrogens is 286 g/mol. The van der Waals surface area contributed by atoms with E-state index in [1.54, 1.807) is 0 Å². The van der Waals surface area contributed by atoms with Crippen molar-refractivity contribution < 1.29 is 0 Å². The fraction of sp³-hybridized carbons (Fsp3) is 0.533. The number of aliphatic imine (C=N–C) groups is 1. The van der Waals surface area contributed by atoms with E-state index in [2.05, 4.69) is 53.1 Å². The van der Waals surface area contributed by atoms with Gasteiger partial charge >= 0.3 is 0 Å². The highest BCUT2D eigenvalue weighted by Gasteiger charge is 1.97.